The maximum Gasteiger partial charge on any atom is 0.418 e. The van der Waals surface area contributed by atoms with Crippen molar-refractivity contribution in [3.8, 4) is 5.88 Å². The van der Waals surface area contributed by atoms with Crippen LogP contribution >= 0.6 is 15.9 Å². The van der Waals surface area contributed by atoms with Crippen LogP contribution in [0.4, 0.5) is 23.7 Å². The van der Waals surface area contributed by atoms with Crippen molar-refractivity contribution in [1.82, 2.24) is 9.88 Å². The standard InChI is InChI=1S/C22H21BrF3N5O3/c1-11-6-13(23)8-28-18(11)34-21(33)29-14-4-5-16(24)15(7-14)22(20(25)26)10-31(9-17(27)30-22)19(32)12-2-3-12/h4-8,12,20H,2-3,9-10H2,1H3,(H2,27,30)(H,29,33). The summed E-state index contributed by atoms with van der Waals surface area (Å²) >= 11 is 3.25. The quantitative estimate of drug-likeness (QED) is 0.597. The molecule has 12 heteroatoms. The molecule has 0 bridgehead atoms. The Labute approximate surface area is 201 Å². The van der Waals surface area contributed by atoms with Crippen LogP contribution < -0.4 is 15.8 Å². The van der Waals surface area contributed by atoms with Gasteiger partial charge in [-0.25, -0.2) is 22.9 Å². The van der Waals surface area contributed by atoms with E-state index in [9.17, 15) is 22.8 Å². The molecule has 2 aliphatic rings. The normalized spacial score (nSPS) is 20.2. The van der Waals surface area contributed by atoms with E-state index in [0.29, 0.717) is 22.9 Å². The van der Waals surface area contributed by atoms with E-state index >= 15 is 0 Å². The first-order chi connectivity index (χ1) is 16.1. The lowest BCUT2D eigenvalue weighted by Gasteiger charge is -2.39. The Morgan fingerprint density at radius 2 is 2.06 bits per heavy atom. The lowest BCUT2D eigenvalue weighted by atomic mass is 9.87. The summed E-state index contributed by atoms with van der Waals surface area (Å²) in [5.74, 6) is -1.66. The van der Waals surface area contributed by atoms with Gasteiger partial charge in [0.2, 0.25) is 11.8 Å². The summed E-state index contributed by atoms with van der Waals surface area (Å²) in [4.78, 5) is 34.0. The number of anilines is 1. The van der Waals surface area contributed by atoms with Gasteiger partial charge in [-0.2, -0.15) is 0 Å². The highest BCUT2D eigenvalue weighted by Gasteiger charge is 2.50. The van der Waals surface area contributed by atoms with Gasteiger partial charge in [-0.15, -0.1) is 0 Å². The third-order valence-corrected chi connectivity index (χ3v) is 6.03. The number of rotatable bonds is 5. The Morgan fingerprint density at radius 1 is 1.32 bits per heavy atom. The highest BCUT2D eigenvalue weighted by Crippen LogP contribution is 2.40. The second kappa shape index (κ2) is 9.24. The highest BCUT2D eigenvalue weighted by molar-refractivity contribution is 9.10. The van der Waals surface area contributed by atoms with Gasteiger partial charge in [0.1, 0.15) is 11.7 Å². The van der Waals surface area contributed by atoms with E-state index in [-0.39, 0.29) is 35.8 Å². The number of benzene rings is 1. The van der Waals surface area contributed by atoms with Gasteiger partial charge >= 0.3 is 6.09 Å². The first-order valence-electron chi connectivity index (χ1n) is 10.4. The highest BCUT2D eigenvalue weighted by atomic mass is 79.9. The lowest BCUT2D eigenvalue weighted by molar-refractivity contribution is -0.134. The van der Waals surface area contributed by atoms with Crippen molar-refractivity contribution < 1.29 is 27.5 Å². The minimum atomic E-state index is -3.17. The molecular formula is C22H21BrF3N5O3. The van der Waals surface area contributed by atoms with Gasteiger partial charge in [0.05, 0.1) is 13.1 Å². The number of nitrogens with one attached hydrogen (secondary N) is 1. The number of aromatic nitrogens is 1. The largest absolute Gasteiger partial charge is 0.418 e. The molecule has 1 unspecified atom stereocenters. The Bertz CT molecular complexity index is 1170. The molecule has 8 nitrogen and oxygen atoms in total. The van der Waals surface area contributed by atoms with Crippen LogP contribution in [0.1, 0.15) is 24.0 Å². The number of nitrogens with zero attached hydrogens (tertiary/aromatic N) is 3. The predicted octanol–water partition coefficient (Wildman–Crippen LogP) is 3.97. The molecule has 1 aliphatic carbocycles. The zero-order chi connectivity index (χ0) is 24.6. The average molecular weight is 540 g/mol. The Kier molecular flexibility index (Phi) is 6.52. The monoisotopic (exact) mass is 539 g/mol. The first kappa shape index (κ1) is 24.0. The van der Waals surface area contributed by atoms with Crippen LogP contribution in [0.3, 0.4) is 0 Å². The SMILES string of the molecule is Cc1cc(Br)cnc1OC(=O)Nc1ccc(F)c(C2(C(F)F)CN(C(=O)C3CC3)CC(N)=N2)c1. The number of alkyl halides is 2. The van der Waals surface area contributed by atoms with Crippen LogP contribution in [0.5, 0.6) is 5.88 Å². The Balaban J connectivity index is 1.62. The molecule has 1 saturated carbocycles. The number of hydrogen-bond acceptors (Lipinski definition) is 6. The molecule has 2 heterocycles. The maximum absolute atomic E-state index is 14.9. The zero-order valence-corrected chi connectivity index (χ0v) is 19.6. The number of halogens is 4. The van der Waals surface area contributed by atoms with Crippen LogP contribution in [0.15, 0.2) is 39.9 Å². The van der Waals surface area contributed by atoms with Gasteiger partial charge in [0, 0.05) is 33.4 Å². The number of hydrogen-bond donors (Lipinski definition) is 2. The summed E-state index contributed by atoms with van der Waals surface area (Å²) in [6.45, 7) is 1.05. The second-order valence-corrected chi connectivity index (χ2v) is 9.20. The summed E-state index contributed by atoms with van der Waals surface area (Å²) in [7, 11) is 0. The number of aliphatic imine (C=N–C) groups is 1. The summed E-state index contributed by atoms with van der Waals surface area (Å²) < 4.78 is 49.6. The number of amides is 2. The summed E-state index contributed by atoms with van der Waals surface area (Å²) in [5, 5.41) is 2.38. The maximum atomic E-state index is 14.9. The van der Waals surface area contributed by atoms with Crippen LogP contribution in [-0.4, -0.2) is 47.2 Å². The van der Waals surface area contributed by atoms with Crippen LogP contribution in [0.25, 0.3) is 0 Å². The molecule has 2 amide bonds. The van der Waals surface area contributed by atoms with E-state index in [1.807, 2.05) is 0 Å². The number of aryl methyl sites for hydroxylation is 1. The van der Waals surface area contributed by atoms with Gasteiger partial charge in [-0.3, -0.25) is 15.1 Å². The van der Waals surface area contributed by atoms with E-state index < -0.39 is 36.0 Å². The topological polar surface area (TPSA) is 110 Å². The number of nitrogens with two attached hydrogens (primary N) is 1. The summed E-state index contributed by atoms with van der Waals surface area (Å²) in [6.07, 6.45) is -1.32. The second-order valence-electron chi connectivity index (χ2n) is 8.28. The number of amidine groups is 1. The molecule has 2 aromatic rings. The molecule has 1 fully saturated rings. The molecule has 0 saturated heterocycles. The van der Waals surface area contributed by atoms with Crippen molar-refractivity contribution in [3.63, 3.8) is 0 Å². The van der Waals surface area contributed by atoms with Crippen molar-refractivity contribution in [3.05, 3.63) is 51.9 Å². The van der Waals surface area contributed by atoms with Gasteiger partial charge in [0.15, 0.2) is 5.54 Å². The van der Waals surface area contributed by atoms with Crippen LogP contribution in [0, 0.1) is 18.7 Å². The third-order valence-electron chi connectivity index (χ3n) is 5.59. The Hall–Kier alpha value is -3.15. The van der Waals surface area contributed by atoms with E-state index in [1.165, 1.54) is 17.2 Å². The number of carbonyl (C=O) groups is 2. The van der Waals surface area contributed by atoms with Crippen molar-refractivity contribution >= 4 is 39.5 Å². The van der Waals surface area contributed by atoms with Crippen LogP contribution in [-0.2, 0) is 10.3 Å². The van der Waals surface area contributed by atoms with Crippen molar-refractivity contribution in [2.24, 2.45) is 16.6 Å². The fourth-order valence-electron chi connectivity index (χ4n) is 3.80. The fraction of sp³-hybridized carbons (Fsp3) is 0.364. The van der Waals surface area contributed by atoms with E-state index in [0.717, 1.165) is 12.1 Å². The average Bonchev–Trinajstić information content (AvgIpc) is 3.61. The van der Waals surface area contributed by atoms with Crippen molar-refractivity contribution in [2.75, 3.05) is 18.4 Å². The summed E-state index contributed by atoms with van der Waals surface area (Å²) in [5.41, 5.74) is 3.48. The minimum Gasteiger partial charge on any atom is -0.391 e. The van der Waals surface area contributed by atoms with Crippen LogP contribution in [0.2, 0.25) is 0 Å². The van der Waals surface area contributed by atoms with E-state index in [2.05, 4.69) is 31.2 Å². The third kappa shape index (κ3) is 4.86. The molecule has 34 heavy (non-hydrogen) atoms. The number of carbonyl (C=O) groups excluding carboxylic acids is 2. The lowest BCUT2D eigenvalue weighted by Crippen LogP contribution is -2.55. The van der Waals surface area contributed by atoms with Gasteiger partial charge in [0.25, 0.3) is 6.43 Å². The van der Waals surface area contributed by atoms with Gasteiger partial charge in [-0.1, -0.05) is 0 Å². The number of ether oxygens (including phenoxy) is 1. The molecule has 180 valence electrons. The summed E-state index contributed by atoms with van der Waals surface area (Å²) in [6, 6.07) is 4.88. The smallest absolute Gasteiger partial charge is 0.391 e. The molecule has 0 spiro atoms. The van der Waals surface area contributed by atoms with Crippen molar-refractivity contribution in [2.45, 2.75) is 31.7 Å². The minimum absolute atomic E-state index is 0.00407. The molecule has 0 radical (unpaired) electrons. The van der Waals surface area contributed by atoms with Gasteiger partial charge < -0.3 is 15.4 Å². The molecule has 1 aromatic heterocycles. The predicted molar refractivity (Wildman–Crippen MR) is 121 cm³/mol. The molecular weight excluding hydrogens is 519 g/mol. The zero-order valence-electron chi connectivity index (χ0n) is 18.0. The molecule has 3 N–H and O–H groups in total. The van der Waals surface area contributed by atoms with E-state index in [4.69, 9.17) is 10.5 Å². The van der Waals surface area contributed by atoms with E-state index in [1.54, 1.807) is 13.0 Å². The number of pyridine rings is 1. The molecule has 1 aromatic carbocycles. The van der Waals surface area contributed by atoms with Gasteiger partial charge in [-0.05, 0) is 60.0 Å². The molecule has 1 atom stereocenters. The fourth-order valence-corrected chi connectivity index (χ4v) is 4.24. The van der Waals surface area contributed by atoms with Crippen molar-refractivity contribution in [1.29, 1.82) is 0 Å². The Morgan fingerprint density at radius 3 is 2.71 bits per heavy atom. The molecule has 1 aliphatic heterocycles. The molecule has 4 rings (SSSR count). The first-order valence-corrected chi connectivity index (χ1v) is 11.2.